The average molecular weight is 222 g/mol. The number of rotatable bonds is 4. The average Bonchev–Trinajstić information content (AvgIpc) is 2.27. The first-order valence-electron chi connectivity index (χ1n) is 4.86. The lowest BCUT2D eigenvalue weighted by molar-refractivity contribution is -0.146. The molecule has 5 heteroatoms. The lowest BCUT2D eigenvalue weighted by Gasteiger charge is -2.19. The summed E-state index contributed by atoms with van der Waals surface area (Å²) >= 11 is 0. The Labute approximate surface area is 93.5 Å². The maximum Gasteiger partial charge on any atom is 0.310 e. The fourth-order valence-corrected chi connectivity index (χ4v) is 0.964. The molecule has 1 aromatic heterocycles. The molecule has 0 unspecified atom stereocenters. The zero-order chi connectivity index (χ0) is 12.2. The Balaban J connectivity index is 2.58. The van der Waals surface area contributed by atoms with Crippen LogP contribution < -0.4 is 5.32 Å². The topological polar surface area (TPSA) is 79.3 Å². The molecule has 1 rings (SSSR count). The Morgan fingerprint density at radius 3 is 2.62 bits per heavy atom. The van der Waals surface area contributed by atoms with Gasteiger partial charge in [-0.2, -0.15) is 0 Å². The Morgan fingerprint density at radius 1 is 1.44 bits per heavy atom. The zero-order valence-corrected chi connectivity index (χ0v) is 9.23. The predicted octanol–water partition coefficient (Wildman–Crippen LogP) is 0.922. The van der Waals surface area contributed by atoms with E-state index in [1.807, 2.05) is 0 Å². The highest BCUT2D eigenvalue weighted by Crippen LogP contribution is 2.13. The molecule has 0 bridgehead atoms. The number of carboxylic acid groups (broad SMARTS) is 1. The molecule has 0 aromatic carbocycles. The molecule has 5 nitrogen and oxygen atoms in total. The van der Waals surface area contributed by atoms with Crippen LogP contribution in [0.1, 0.15) is 24.3 Å². The van der Waals surface area contributed by atoms with Crippen LogP contribution >= 0.6 is 0 Å². The maximum absolute atomic E-state index is 11.5. The Bertz CT molecular complexity index is 387. The fourth-order valence-electron chi connectivity index (χ4n) is 0.964. The van der Waals surface area contributed by atoms with Gasteiger partial charge in [0, 0.05) is 12.7 Å². The van der Waals surface area contributed by atoms with Gasteiger partial charge in [0.15, 0.2) is 0 Å². The normalized spacial score (nSPS) is 10.9. The maximum atomic E-state index is 11.5. The third kappa shape index (κ3) is 3.05. The SMILES string of the molecule is CC(C)(CNC(=O)c1ccccn1)C(=O)O. The van der Waals surface area contributed by atoms with Gasteiger partial charge in [-0.25, -0.2) is 0 Å². The summed E-state index contributed by atoms with van der Waals surface area (Å²) in [5.41, 5.74) is -0.701. The smallest absolute Gasteiger partial charge is 0.310 e. The van der Waals surface area contributed by atoms with Gasteiger partial charge >= 0.3 is 5.97 Å². The molecule has 0 saturated heterocycles. The Kier molecular flexibility index (Phi) is 3.60. The van der Waals surface area contributed by atoms with E-state index in [0.717, 1.165) is 0 Å². The van der Waals surface area contributed by atoms with Crippen LogP contribution in [0.2, 0.25) is 0 Å². The minimum absolute atomic E-state index is 0.0672. The van der Waals surface area contributed by atoms with Crippen molar-refractivity contribution in [3.8, 4) is 0 Å². The zero-order valence-electron chi connectivity index (χ0n) is 9.23. The van der Waals surface area contributed by atoms with Crippen LogP contribution in [-0.2, 0) is 4.79 Å². The second-order valence-electron chi connectivity index (χ2n) is 4.09. The van der Waals surface area contributed by atoms with Crippen molar-refractivity contribution in [3.63, 3.8) is 0 Å². The standard InChI is InChI=1S/C11H14N2O3/c1-11(2,10(15)16)7-13-9(14)8-5-3-4-6-12-8/h3-6H,7H2,1-2H3,(H,13,14)(H,15,16). The van der Waals surface area contributed by atoms with E-state index < -0.39 is 11.4 Å². The van der Waals surface area contributed by atoms with Crippen LogP contribution in [0.5, 0.6) is 0 Å². The summed E-state index contributed by atoms with van der Waals surface area (Å²) in [4.78, 5) is 26.2. The van der Waals surface area contributed by atoms with Crippen LogP contribution in [0, 0.1) is 5.41 Å². The second-order valence-corrected chi connectivity index (χ2v) is 4.09. The van der Waals surface area contributed by atoms with Crippen LogP contribution in [0.4, 0.5) is 0 Å². The summed E-state index contributed by atoms with van der Waals surface area (Å²) in [7, 11) is 0. The first-order chi connectivity index (χ1) is 7.43. The van der Waals surface area contributed by atoms with Crippen LogP contribution in [0.3, 0.4) is 0 Å². The Hall–Kier alpha value is -1.91. The molecule has 2 N–H and O–H groups in total. The first-order valence-corrected chi connectivity index (χ1v) is 4.86. The molecule has 1 amide bonds. The van der Waals surface area contributed by atoms with Gasteiger partial charge in [0.2, 0.25) is 0 Å². The van der Waals surface area contributed by atoms with Gasteiger partial charge in [0.1, 0.15) is 5.69 Å². The lowest BCUT2D eigenvalue weighted by Crippen LogP contribution is -2.39. The molecule has 1 aromatic rings. The van der Waals surface area contributed by atoms with Gasteiger partial charge in [-0.15, -0.1) is 0 Å². The van der Waals surface area contributed by atoms with E-state index in [0.29, 0.717) is 0 Å². The largest absolute Gasteiger partial charge is 0.481 e. The molecular formula is C11H14N2O3. The highest BCUT2D eigenvalue weighted by atomic mass is 16.4. The predicted molar refractivity (Wildman–Crippen MR) is 58.0 cm³/mol. The monoisotopic (exact) mass is 222 g/mol. The minimum atomic E-state index is -0.982. The van der Waals surface area contributed by atoms with Crippen LogP contribution in [0.25, 0.3) is 0 Å². The molecule has 16 heavy (non-hydrogen) atoms. The van der Waals surface area contributed by atoms with E-state index >= 15 is 0 Å². The number of aliphatic carboxylic acids is 1. The first kappa shape index (κ1) is 12.2. The summed E-state index contributed by atoms with van der Waals surface area (Å²) < 4.78 is 0. The fraction of sp³-hybridized carbons (Fsp3) is 0.364. The highest BCUT2D eigenvalue weighted by Gasteiger charge is 2.27. The molecule has 86 valence electrons. The number of nitrogens with zero attached hydrogens (tertiary/aromatic N) is 1. The molecule has 0 radical (unpaired) electrons. The van der Waals surface area contributed by atoms with Crippen molar-refractivity contribution in [3.05, 3.63) is 30.1 Å². The van der Waals surface area contributed by atoms with E-state index in [1.54, 1.807) is 32.0 Å². The summed E-state index contributed by atoms with van der Waals surface area (Å²) in [6, 6.07) is 4.98. The number of hydrogen-bond donors (Lipinski definition) is 2. The number of carboxylic acids is 1. The molecule has 0 fully saturated rings. The minimum Gasteiger partial charge on any atom is -0.481 e. The number of amides is 1. The molecular weight excluding hydrogens is 208 g/mol. The van der Waals surface area contributed by atoms with Crippen molar-refractivity contribution in [2.75, 3.05) is 6.54 Å². The number of nitrogens with one attached hydrogen (secondary N) is 1. The molecule has 0 saturated carbocycles. The summed E-state index contributed by atoms with van der Waals surface area (Å²) in [6.07, 6.45) is 1.51. The molecule has 0 spiro atoms. The number of pyridine rings is 1. The van der Waals surface area contributed by atoms with Gasteiger partial charge < -0.3 is 10.4 Å². The molecule has 0 atom stereocenters. The van der Waals surface area contributed by atoms with Crippen LogP contribution in [-0.4, -0.2) is 28.5 Å². The van der Waals surface area contributed by atoms with Gasteiger partial charge in [0.25, 0.3) is 5.91 Å². The highest BCUT2D eigenvalue weighted by molar-refractivity contribution is 5.92. The van der Waals surface area contributed by atoms with Crippen molar-refractivity contribution < 1.29 is 14.7 Å². The van der Waals surface area contributed by atoms with Crippen molar-refractivity contribution in [2.24, 2.45) is 5.41 Å². The van der Waals surface area contributed by atoms with E-state index in [2.05, 4.69) is 10.3 Å². The molecule has 0 aliphatic rings. The quantitative estimate of drug-likeness (QED) is 0.794. The van der Waals surface area contributed by atoms with Gasteiger partial charge in [0.05, 0.1) is 5.41 Å². The molecule has 1 heterocycles. The van der Waals surface area contributed by atoms with Crippen LogP contribution in [0.15, 0.2) is 24.4 Å². The molecule has 0 aliphatic heterocycles. The van der Waals surface area contributed by atoms with E-state index in [-0.39, 0.29) is 18.1 Å². The van der Waals surface area contributed by atoms with Gasteiger partial charge in [-0.05, 0) is 26.0 Å². The molecule has 0 aliphatic carbocycles. The van der Waals surface area contributed by atoms with Gasteiger partial charge in [-0.1, -0.05) is 6.07 Å². The van der Waals surface area contributed by atoms with Crippen molar-refractivity contribution in [2.45, 2.75) is 13.8 Å². The van der Waals surface area contributed by atoms with Crippen molar-refractivity contribution in [1.29, 1.82) is 0 Å². The van der Waals surface area contributed by atoms with E-state index in [4.69, 9.17) is 5.11 Å². The van der Waals surface area contributed by atoms with Crippen molar-refractivity contribution in [1.82, 2.24) is 10.3 Å². The third-order valence-electron chi connectivity index (χ3n) is 2.17. The number of aromatic nitrogens is 1. The number of hydrogen-bond acceptors (Lipinski definition) is 3. The summed E-state index contributed by atoms with van der Waals surface area (Å²) in [5, 5.41) is 11.4. The summed E-state index contributed by atoms with van der Waals surface area (Å²) in [6.45, 7) is 3.17. The van der Waals surface area contributed by atoms with E-state index in [9.17, 15) is 9.59 Å². The Morgan fingerprint density at radius 2 is 2.12 bits per heavy atom. The van der Waals surface area contributed by atoms with Crippen molar-refractivity contribution >= 4 is 11.9 Å². The number of carbonyl (C=O) groups excluding carboxylic acids is 1. The van der Waals surface area contributed by atoms with Gasteiger partial charge in [-0.3, -0.25) is 14.6 Å². The summed E-state index contributed by atoms with van der Waals surface area (Å²) in [5.74, 6) is -1.32. The van der Waals surface area contributed by atoms with E-state index in [1.165, 1.54) is 6.20 Å². The second kappa shape index (κ2) is 4.74. The number of carbonyl (C=O) groups is 2. The third-order valence-corrected chi connectivity index (χ3v) is 2.17. The lowest BCUT2D eigenvalue weighted by atomic mass is 9.94.